The first-order chi connectivity index (χ1) is 9.11. The van der Waals surface area contributed by atoms with Gasteiger partial charge < -0.3 is 21.1 Å². The number of nitrogens with one attached hydrogen (secondary N) is 1. The Morgan fingerprint density at radius 3 is 2.68 bits per heavy atom. The van der Waals surface area contributed by atoms with Crippen molar-refractivity contribution in [1.29, 1.82) is 0 Å². The van der Waals surface area contributed by atoms with Crippen LogP contribution in [0.25, 0.3) is 0 Å². The first-order valence-electron chi connectivity index (χ1n) is 6.52. The Labute approximate surface area is 113 Å². The van der Waals surface area contributed by atoms with Gasteiger partial charge in [0.25, 0.3) is 0 Å². The number of carbonyl (C=O) groups is 1. The summed E-state index contributed by atoms with van der Waals surface area (Å²) >= 11 is 0. The molecule has 104 valence electrons. The van der Waals surface area contributed by atoms with Crippen molar-refractivity contribution in [2.24, 2.45) is 11.7 Å². The Hall–Kier alpha value is -1.43. The summed E-state index contributed by atoms with van der Waals surface area (Å²) in [6, 6.07) is 8.95. The van der Waals surface area contributed by atoms with Crippen molar-refractivity contribution in [3.63, 3.8) is 0 Å². The molecule has 0 spiro atoms. The summed E-state index contributed by atoms with van der Waals surface area (Å²) in [6.07, 6.45) is 0. The fourth-order valence-electron chi connectivity index (χ4n) is 2.51. The van der Waals surface area contributed by atoms with Crippen LogP contribution in [0.1, 0.15) is 11.6 Å². The highest BCUT2D eigenvalue weighted by Crippen LogP contribution is 2.17. The maximum absolute atomic E-state index is 12.2. The van der Waals surface area contributed by atoms with E-state index in [-0.39, 0.29) is 30.5 Å². The number of nitrogens with two attached hydrogens (primary N) is 1. The van der Waals surface area contributed by atoms with Crippen LogP contribution < -0.4 is 11.1 Å². The fraction of sp³-hybridized carbons (Fsp3) is 0.500. The molecule has 0 saturated carbocycles. The minimum absolute atomic E-state index is 0.0836. The van der Waals surface area contributed by atoms with Crippen molar-refractivity contribution >= 4 is 5.91 Å². The van der Waals surface area contributed by atoms with Crippen molar-refractivity contribution in [2.75, 3.05) is 26.7 Å². The summed E-state index contributed by atoms with van der Waals surface area (Å²) in [5, 5.41) is 12.3. The molecule has 1 amide bonds. The maximum atomic E-state index is 12.2. The summed E-state index contributed by atoms with van der Waals surface area (Å²) in [4.78, 5) is 14.3. The molecule has 0 radical (unpaired) electrons. The van der Waals surface area contributed by atoms with Gasteiger partial charge in [-0.25, -0.2) is 0 Å². The summed E-state index contributed by atoms with van der Waals surface area (Å²) in [5.41, 5.74) is 6.86. The number of nitrogens with zero attached hydrogens (tertiary/aromatic N) is 1. The van der Waals surface area contributed by atoms with Gasteiger partial charge in [-0.15, -0.1) is 0 Å². The number of likely N-dealkylation sites (N-methyl/N-ethyl adjacent to an activating group) is 1. The van der Waals surface area contributed by atoms with Crippen LogP contribution in [0.2, 0.25) is 0 Å². The number of rotatable bonds is 4. The second-order valence-corrected chi connectivity index (χ2v) is 5.15. The van der Waals surface area contributed by atoms with Gasteiger partial charge in [-0.1, -0.05) is 30.3 Å². The average Bonchev–Trinajstić information content (AvgIpc) is 2.76. The summed E-state index contributed by atoms with van der Waals surface area (Å²) < 4.78 is 0. The Morgan fingerprint density at radius 1 is 1.47 bits per heavy atom. The normalized spacial score (nSPS) is 25.2. The molecule has 2 rings (SSSR count). The van der Waals surface area contributed by atoms with E-state index < -0.39 is 0 Å². The van der Waals surface area contributed by atoms with Gasteiger partial charge in [0.15, 0.2) is 0 Å². The van der Waals surface area contributed by atoms with Gasteiger partial charge in [0.05, 0.1) is 18.6 Å². The first kappa shape index (κ1) is 14.0. The number of likely N-dealkylation sites (tertiary alicyclic amines) is 1. The lowest BCUT2D eigenvalue weighted by Gasteiger charge is -2.21. The van der Waals surface area contributed by atoms with Gasteiger partial charge >= 0.3 is 0 Å². The topological polar surface area (TPSA) is 78.6 Å². The van der Waals surface area contributed by atoms with Gasteiger partial charge in [-0.05, 0) is 12.6 Å². The van der Waals surface area contributed by atoms with E-state index in [1.165, 1.54) is 0 Å². The molecule has 1 saturated heterocycles. The van der Waals surface area contributed by atoms with Crippen molar-refractivity contribution in [2.45, 2.75) is 12.1 Å². The zero-order valence-electron chi connectivity index (χ0n) is 11.1. The van der Waals surface area contributed by atoms with Crippen LogP contribution in [0, 0.1) is 5.92 Å². The molecule has 1 aromatic rings. The van der Waals surface area contributed by atoms with Gasteiger partial charge in [0, 0.05) is 19.1 Å². The van der Waals surface area contributed by atoms with Gasteiger partial charge in [-0.3, -0.25) is 4.79 Å². The third-order valence-electron chi connectivity index (χ3n) is 3.59. The van der Waals surface area contributed by atoms with E-state index in [1.807, 2.05) is 42.3 Å². The Morgan fingerprint density at radius 2 is 2.16 bits per heavy atom. The van der Waals surface area contributed by atoms with Gasteiger partial charge in [0.2, 0.25) is 5.91 Å². The minimum Gasteiger partial charge on any atom is -0.394 e. The lowest BCUT2D eigenvalue weighted by Crippen LogP contribution is -2.43. The molecule has 1 aromatic carbocycles. The first-order valence-corrected chi connectivity index (χ1v) is 6.52. The zero-order chi connectivity index (χ0) is 13.8. The zero-order valence-corrected chi connectivity index (χ0v) is 11.1. The van der Waals surface area contributed by atoms with E-state index in [1.54, 1.807) is 0 Å². The quantitative estimate of drug-likeness (QED) is 0.698. The number of amides is 1. The molecule has 1 aliphatic rings. The molecule has 1 heterocycles. The van der Waals surface area contributed by atoms with Gasteiger partial charge in [-0.2, -0.15) is 0 Å². The van der Waals surface area contributed by atoms with Crippen LogP contribution >= 0.6 is 0 Å². The van der Waals surface area contributed by atoms with Crippen LogP contribution in [0.4, 0.5) is 0 Å². The molecule has 1 unspecified atom stereocenters. The molecule has 0 aromatic heterocycles. The van der Waals surface area contributed by atoms with E-state index in [9.17, 15) is 9.90 Å². The molecule has 0 aliphatic carbocycles. The van der Waals surface area contributed by atoms with Crippen LogP contribution in [-0.2, 0) is 4.79 Å². The third kappa shape index (κ3) is 3.32. The standard InChI is InChI=1S/C14H21N3O2/c1-17-7-11(12(15)8-17)14(19)16-13(9-18)10-5-3-2-4-6-10/h2-6,11-13,18H,7-9,15H2,1H3,(H,16,19)/t11-,12+,13?/m1/s1. The number of aliphatic hydroxyl groups is 1. The Kier molecular flexibility index (Phi) is 4.52. The molecule has 3 atom stereocenters. The molecule has 4 N–H and O–H groups in total. The molecular weight excluding hydrogens is 242 g/mol. The predicted molar refractivity (Wildman–Crippen MR) is 73.4 cm³/mol. The number of carbonyl (C=O) groups excluding carboxylic acids is 1. The molecule has 0 bridgehead atoms. The largest absolute Gasteiger partial charge is 0.394 e. The highest BCUT2D eigenvalue weighted by molar-refractivity contribution is 5.80. The van der Waals surface area contributed by atoms with E-state index >= 15 is 0 Å². The van der Waals surface area contributed by atoms with Crippen LogP contribution in [-0.4, -0.2) is 48.7 Å². The van der Waals surface area contributed by atoms with Crippen molar-refractivity contribution in [1.82, 2.24) is 10.2 Å². The second-order valence-electron chi connectivity index (χ2n) is 5.15. The molecule has 19 heavy (non-hydrogen) atoms. The van der Waals surface area contributed by atoms with E-state index in [2.05, 4.69) is 5.32 Å². The summed E-state index contributed by atoms with van der Waals surface area (Å²) in [5.74, 6) is -0.289. The van der Waals surface area contributed by atoms with Crippen LogP contribution in [0.3, 0.4) is 0 Å². The number of benzene rings is 1. The molecule has 5 nitrogen and oxygen atoms in total. The van der Waals surface area contributed by atoms with Gasteiger partial charge in [0.1, 0.15) is 0 Å². The smallest absolute Gasteiger partial charge is 0.226 e. The lowest BCUT2D eigenvalue weighted by molar-refractivity contribution is -0.126. The monoisotopic (exact) mass is 263 g/mol. The summed E-state index contributed by atoms with van der Waals surface area (Å²) in [7, 11) is 1.95. The van der Waals surface area contributed by atoms with E-state index in [0.717, 1.165) is 12.1 Å². The molecule has 1 aliphatic heterocycles. The number of hydrogen-bond donors (Lipinski definition) is 3. The van der Waals surface area contributed by atoms with Crippen LogP contribution in [0.15, 0.2) is 30.3 Å². The minimum atomic E-state index is -0.369. The van der Waals surface area contributed by atoms with Crippen molar-refractivity contribution in [3.8, 4) is 0 Å². The summed E-state index contributed by atoms with van der Waals surface area (Å²) in [6.45, 7) is 1.28. The third-order valence-corrected chi connectivity index (χ3v) is 3.59. The number of aliphatic hydroxyl groups excluding tert-OH is 1. The lowest BCUT2D eigenvalue weighted by atomic mass is 10.0. The maximum Gasteiger partial charge on any atom is 0.226 e. The van der Waals surface area contributed by atoms with E-state index in [0.29, 0.717) is 6.54 Å². The highest BCUT2D eigenvalue weighted by Gasteiger charge is 2.34. The van der Waals surface area contributed by atoms with E-state index in [4.69, 9.17) is 5.73 Å². The van der Waals surface area contributed by atoms with Crippen molar-refractivity contribution < 1.29 is 9.90 Å². The predicted octanol–water partition coefficient (Wildman–Crippen LogP) is -0.275. The molecule has 5 heteroatoms. The molecule has 1 fully saturated rings. The molecular formula is C14H21N3O2. The highest BCUT2D eigenvalue weighted by atomic mass is 16.3. The average molecular weight is 263 g/mol. The Bertz CT molecular complexity index is 424. The number of hydrogen-bond acceptors (Lipinski definition) is 4. The van der Waals surface area contributed by atoms with Crippen LogP contribution in [0.5, 0.6) is 0 Å². The SMILES string of the molecule is CN1C[C@H](N)[C@H](C(=O)NC(CO)c2ccccc2)C1. The fourth-order valence-corrected chi connectivity index (χ4v) is 2.51. The Balaban J connectivity index is 2.01. The van der Waals surface area contributed by atoms with Crippen molar-refractivity contribution in [3.05, 3.63) is 35.9 Å². The second kappa shape index (κ2) is 6.14.